The molecule has 0 spiro atoms. The van der Waals surface area contributed by atoms with Crippen molar-refractivity contribution in [2.45, 2.75) is 19.8 Å². The molecule has 0 radical (unpaired) electrons. The van der Waals surface area contributed by atoms with E-state index in [4.69, 9.17) is 0 Å². The molecule has 7 nitrogen and oxygen atoms in total. The normalized spacial score (nSPS) is 19.3. The number of aromatic nitrogens is 2. The van der Waals surface area contributed by atoms with Crippen LogP contribution >= 0.6 is 0 Å². The number of nitrogens with zero attached hydrogens (tertiary/aromatic N) is 2. The number of anilines is 1. The molecule has 3 rings (SSSR count). The molecule has 0 aliphatic heterocycles. The molecule has 1 amide bonds. The first-order valence-electron chi connectivity index (χ1n) is 8.42. The van der Waals surface area contributed by atoms with Gasteiger partial charge in [-0.15, -0.1) is 0 Å². The third-order valence-corrected chi connectivity index (χ3v) is 4.87. The van der Waals surface area contributed by atoms with Crippen molar-refractivity contribution in [2.24, 2.45) is 18.9 Å². The number of para-hydroxylation sites is 1. The number of hydrogen-bond acceptors (Lipinski definition) is 4. The predicted octanol–water partition coefficient (Wildman–Crippen LogP) is 0.755. The van der Waals surface area contributed by atoms with Crippen LogP contribution in [0.4, 0.5) is 5.69 Å². The monoisotopic (exact) mass is 354 g/mol. The van der Waals surface area contributed by atoms with Gasteiger partial charge in [-0.2, -0.15) is 0 Å². The van der Waals surface area contributed by atoms with Crippen molar-refractivity contribution in [3.05, 3.63) is 58.5 Å². The zero-order valence-electron chi connectivity index (χ0n) is 14.6. The van der Waals surface area contributed by atoms with Crippen LogP contribution in [0.25, 0.3) is 5.69 Å². The van der Waals surface area contributed by atoms with Crippen LogP contribution < -0.4 is 16.0 Å². The summed E-state index contributed by atoms with van der Waals surface area (Å²) in [6.07, 6.45) is 4.08. The zero-order chi connectivity index (χ0) is 18.8. The van der Waals surface area contributed by atoms with Crippen LogP contribution in [-0.2, 0) is 16.6 Å². The average Bonchev–Trinajstić information content (AvgIpc) is 2.85. The van der Waals surface area contributed by atoms with E-state index in [0.29, 0.717) is 17.8 Å². The van der Waals surface area contributed by atoms with E-state index in [2.05, 4.69) is 5.32 Å². The Labute approximate surface area is 150 Å². The fourth-order valence-electron chi connectivity index (χ4n) is 3.29. The molecule has 1 heterocycles. The zero-order valence-corrected chi connectivity index (χ0v) is 14.6. The molecule has 1 N–H and O–H groups in total. The van der Waals surface area contributed by atoms with Crippen LogP contribution in [0.3, 0.4) is 0 Å². The number of hydrogen-bond donors (Lipinski definition) is 1. The van der Waals surface area contributed by atoms with E-state index in [1.54, 1.807) is 42.9 Å². The predicted molar refractivity (Wildman–Crippen MR) is 94.7 cm³/mol. The first kappa shape index (κ1) is 17.7. The molecule has 1 aromatic carbocycles. The number of allylic oxidation sites excluding steroid dienone is 2. The molecule has 0 saturated heterocycles. The maximum atomic E-state index is 12.8. The number of carboxylic acids is 1. The Morgan fingerprint density at radius 2 is 1.73 bits per heavy atom. The fraction of sp³-hybridized carbons (Fsp3) is 0.316. The highest BCUT2D eigenvalue weighted by atomic mass is 16.4. The van der Waals surface area contributed by atoms with E-state index >= 15 is 0 Å². The Bertz CT molecular complexity index is 924. The Balaban J connectivity index is 1.94. The molecular weight excluding hydrogens is 334 g/mol. The second kappa shape index (κ2) is 7.03. The first-order valence-corrected chi connectivity index (χ1v) is 8.42. The lowest BCUT2D eigenvalue weighted by Gasteiger charge is -2.28. The number of amides is 1. The van der Waals surface area contributed by atoms with Gasteiger partial charge in [-0.25, -0.2) is 4.68 Å². The minimum Gasteiger partial charge on any atom is -0.550 e. The summed E-state index contributed by atoms with van der Waals surface area (Å²) < 4.78 is 3.12. The average molecular weight is 354 g/mol. The molecule has 1 aliphatic carbocycles. The van der Waals surface area contributed by atoms with E-state index in [0.717, 1.165) is 0 Å². The van der Waals surface area contributed by atoms with E-state index in [9.17, 15) is 19.5 Å². The third-order valence-electron chi connectivity index (χ3n) is 4.87. The lowest BCUT2D eigenvalue weighted by atomic mass is 9.82. The highest BCUT2D eigenvalue weighted by molar-refractivity contribution is 5.95. The molecule has 2 unspecified atom stereocenters. The second-order valence-electron chi connectivity index (χ2n) is 6.40. The Morgan fingerprint density at radius 3 is 2.35 bits per heavy atom. The van der Waals surface area contributed by atoms with Gasteiger partial charge in [0.1, 0.15) is 5.69 Å². The Hall–Kier alpha value is -3.09. The van der Waals surface area contributed by atoms with Crippen molar-refractivity contribution in [1.82, 2.24) is 9.36 Å². The summed E-state index contributed by atoms with van der Waals surface area (Å²) in [4.78, 5) is 36.8. The molecule has 2 aromatic rings. The van der Waals surface area contributed by atoms with Crippen LogP contribution in [0.2, 0.25) is 0 Å². The summed E-state index contributed by atoms with van der Waals surface area (Å²) in [5, 5.41) is 13.9. The van der Waals surface area contributed by atoms with Gasteiger partial charge < -0.3 is 15.2 Å². The molecule has 0 saturated carbocycles. The quantitative estimate of drug-likeness (QED) is 0.820. The van der Waals surface area contributed by atoms with Gasteiger partial charge in [0, 0.05) is 18.9 Å². The van der Waals surface area contributed by atoms with Crippen molar-refractivity contribution in [1.29, 1.82) is 0 Å². The molecule has 26 heavy (non-hydrogen) atoms. The summed E-state index contributed by atoms with van der Waals surface area (Å²) in [5.74, 6) is -3.37. The van der Waals surface area contributed by atoms with Gasteiger partial charge in [-0.05, 0) is 31.9 Å². The highest BCUT2D eigenvalue weighted by Crippen LogP contribution is 2.27. The van der Waals surface area contributed by atoms with Crippen molar-refractivity contribution in [3.63, 3.8) is 0 Å². The topological polar surface area (TPSA) is 96.2 Å². The minimum absolute atomic E-state index is 0.160. The Morgan fingerprint density at radius 1 is 1.12 bits per heavy atom. The van der Waals surface area contributed by atoms with Gasteiger partial charge in [0.15, 0.2) is 0 Å². The van der Waals surface area contributed by atoms with Crippen LogP contribution in [0.5, 0.6) is 0 Å². The smallest absolute Gasteiger partial charge is 0.295 e. The van der Waals surface area contributed by atoms with E-state index in [-0.39, 0.29) is 17.7 Å². The van der Waals surface area contributed by atoms with Crippen molar-refractivity contribution < 1.29 is 14.7 Å². The van der Waals surface area contributed by atoms with Gasteiger partial charge in [-0.3, -0.25) is 14.3 Å². The number of aliphatic carboxylic acids is 1. The molecule has 0 bridgehead atoms. The first-order chi connectivity index (χ1) is 12.4. The maximum Gasteiger partial charge on any atom is 0.295 e. The van der Waals surface area contributed by atoms with Crippen LogP contribution in [0.15, 0.2) is 47.3 Å². The van der Waals surface area contributed by atoms with Gasteiger partial charge in [0.25, 0.3) is 5.56 Å². The summed E-state index contributed by atoms with van der Waals surface area (Å²) in [6, 6.07) is 9.08. The van der Waals surface area contributed by atoms with Gasteiger partial charge >= 0.3 is 0 Å². The highest BCUT2D eigenvalue weighted by Gasteiger charge is 2.31. The molecule has 1 aliphatic rings. The fourth-order valence-corrected chi connectivity index (χ4v) is 3.29. The van der Waals surface area contributed by atoms with Crippen LogP contribution in [0.1, 0.15) is 18.5 Å². The van der Waals surface area contributed by atoms with Crippen molar-refractivity contribution >= 4 is 17.6 Å². The van der Waals surface area contributed by atoms with Gasteiger partial charge in [-0.1, -0.05) is 30.4 Å². The standard InChI is InChI=1S/C19H21N3O4/c1-12-16(18(24)22(21(12)2)13-8-4-3-5-9-13)20-17(23)14-10-6-7-11-15(14)19(25)26/h3-9,14-15H,10-11H2,1-2H3,(H,20,23)(H,25,26)/p-1. The second-order valence-corrected chi connectivity index (χ2v) is 6.40. The third kappa shape index (κ3) is 3.08. The summed E-state index contributed by atoms with van der Waals surface area (Å²) in [5.41, 5.74) is 1.06. The largest absolute Gasteiger partial charge is 0.550 e. The van der Waals surface area contributed by atoms with E-state index in [1.807, 2.05) is 18.2 Å². The lowest BCUT2D eigenvalue weighted by molar-refractivity contribution is -0.313. The number of nitrogens with one attached hydrogen (secondary N) is 1. The lowest BCUT2D eigenvalue weighted by Crippen LogP contribution is -2.42. The summed E-state index contributed by atoms with van der Waals surface area (Å²) in [6.45, 7) is 1.73. The molecule has 1 aromatic heterocycles. The number of benzene rings is 1. The van der Waals surface area contributed by atoms with Crippen LogP contribution in [0, 0.1) is 18.8 Å². The number of rotatable bonds is 4. The minimum atomic E-state index is -1.25. The Kier molecular flexibility index (Phi) is 4.79. The summed E-state index contributed by atoms with van der Waals surface area (Å²) >= 11 is 0. The van der Waals surface area contributed by atoms with Gasteiger partial charge in [0.05, 0.1) is 17.3 Å². The van der Waals surface area contributed by atoms with E-state index in [1.165, 1.54) is 4.68 Å². The number of carbonyl (C=O) groups is 2. The molecule has 136 valence electrons. The van der Waals surface area contributed by atoms with Crippen LogP contribution in [-0.4, -0.2) is 21.2 Å². The molecule has 2 atom stereocenters. The maximum absolute atomic E-state index is 12.8. The van der Waals surface area contributed by atoms with E-state index < -0.39 is 23.7 Å². The van der Waals surface area contributed by atoms with Gasteiger partial charge in [0.2, 0.25) is 5.91 Å². The molecule has 0 fully saturated rings. The SMILES string of the molecule is Cc1c(NC(=O)C2CC=CCC2C(=O)[O-])c(=O)n(-c2ccccc2)n1C. The number of carbonyl (C=O) groups excluding carboxylic acids is 2. The van der Waals surface area contributed by atoms with Crippen molar-refractivity contribution in [2.75, 3.05) is 5.32 Å². The summed E-state index contributed by atoms with van der Waals surface area (Å²) in [7, 11) is 1.73. The van der Waals surface area contributed by atoms with Crippen molar-refractivity contribution in [3.8, 4) is 5.69 Å². The molecule has 7 heteroatoms. The molecular formula is C19H20N3O4-. The number of carboxylic acid groups (broad SMARTS) is 1.